The summed E-state index contributed by atoms with van der Waals surface area (Å²) in [6.07, 6.45) is 6.51. The van der Waals surface area contributed by atoms with E-state index in [2.05, 4.69) is 17.4 Å². The molecule has 1 atom stereocenters. The van der Waals surface area contributed by atoms with Gasteiger partial charge in [-0.1, -0.05) is 49.6 Å². The van der Waals surface area contributed by atoms with E-state index in [4.69, 9.17) is 11.6 Å². The summed E-state index contributed by atoms with van der Waals surface area (Å²) in [4.78, 5) is 12.2. The molecule has 0 saturated heterocycles. The molecule has 0 aromatic heterocycles. The third kappa shape index (κ3) is 4.54. The highest BCUT2D eigenvalue weighted by molar-refractivity contribution is 6.18. The molecule has 0 spiro atoms. The van der Waals surface area contributed by atoms with Crippen molar-refractivity contribution in [2.45, 2.75) is 44.6 Å². The zero-order valence-electron chi connectivity index (χ0n) is 11.3. The Balaban J connectivity index is 1.86. The van der Waals surface area contributed by atoms with E-state index in [1.165, 1.54) is 24.8 Å². The third-order valence-corrected chi connectivity index (χ3v) is 4.21. The number of alkyl halides is 1. The number of rotatable bonds is 5. The van der Waals surface area contributed by atoms with Gasteiger partial charge in [0.25, 0.3) is 0 Å². The highest BCUT2D eigenvalue weighted by atomic mass is 35.5. The molecule has 1 aliphatic carbocycles. The molecule has 1 amide bonds. The quantitative estimate of drug-likeness (QED) is 0.821. The van der Waals surface area contributed by atoms with Crippen molar-refractivity contribution in [3.8, 4) is 0 Å². The number of carbonyl (C=O) groups is 1. The zero-order chi connectivity index (χ0) is 13.5. The van der Waals surface area contributed by atoms with Crippen molar-refractivity contribution in [2.75, 3.05) is 5.88 Å². The van der Waals surface area contributed by atoms with E-state index < -0.39 is 0 Å². The van der Waals surface area contributed by atoms with Crippen LogP contribution in [0.4, 0.5) is 0 Å². The largest absolute Gasteiger partial charge is 0.352 e. The SMILES string of the molecule is O=C(NC(CCl)Cc1ccccc1)C1CCCCC1. The van der Waals surface area contributed by atoms with Gasteiger partial charge in [0.05, 0.1) is 0 Å². The first-order valence-electron chi connectivity index (χ1n) is 7.20. The summed E-state index contributed by atoms with van der Waals surface area (Å²) < 4.78 is 0. The highest BCUT2D eigenvalue weighted by Gasteiger charge is 2.23. The molecule has 1 unspecified atom stereocenters. The topological polar surface area (TPSA) is 29.1 Å². The minimum absolute atomic E-state index is 0.0403. The Bertz CT molecular complexity index is 387. The number of benzene rings is 1. The Kier molecular flexibility index (Phi) is 5.71. The molecule has 0 bridgehead atoms. The molecular weight excluding hydrogens is 258 g/mol. The average molecular weight is 280 g/mol. The van der Waals surface area contributed by atoms with Gasteiger partial charge in [-0.15, -0.1) is 11.6 Å². The van der Waals surface area contributed by atoms with Crippen molar-refractivity contribution in [2.24, 2.45) is 5.92 Å². The first-order chi connectivity index (χ1) is 9.29. The molecule has 3 heteroatoms. The van der Waals surface area contributed by atoms with E-state index in [-0.39, 0.29) is 17.9 Å². The molecule has 0 radical (unpaired) electrons. The predicted molar refractivity (Wildman–Crippen MR) is 79.4 cm³/mol. The number of amides is 1. The second-order valence-electron chi connectivity index (χ2n) is 5.38. The number of halogens is 1. The van der Waals surface area contributed by atoms with E-state index in [0.29, 0.717) is 5.88 Å². The summed E-state index contributed by atoms with van der Waals surface area (Å²) in [5, 5.41) is 3.11. The maximum absolute atomic E-state index is 12.2. The molecule has 1 aliphatic rings. The third-order valence-electron chi connectivity index (χ3n) is 3.83. The fourth-order valence-corrected chi connectivity index (χ4v) is 2.91. The highest BCUT2D eigenvalue weighted by Crippen LogP contribution is 2.23. The molecule has 1 aromatic rings. The molecule has 2 rings (SSSR count). The summed E-state index contributed by atoms with van der Waals surface area (Å²) in [6.45, 7) is 0. The Morgan fingerprint density at radius 2 is 1.89 bits per heavy atom. The summed E-state index contributed by atoms with van der Waals surface area (Å²) in [7, 11) is 0. The van der Waals surface area contributed by atoms with Crippen LogP contribution < -0.4 is 5.32 Å². The Hall–Kier alpha value is -1.02. The van der Waals surface area contributed by atoms with Crippen LogP contribution >= 0.6 is 11.6 Å². The van der Waals surface area contributed by atoms with Crippen LogP contribution in [0.1, 0.15) is 37.7 Å². The van der Waals surface area contributed by atoms with Gasteiger partial charge < -0.3 is 5.32 Å². The summed E-state index contributed by atoms with van der Waals surface area (Å²) in [5.74, 6) is 0.865. The Morgan fingerprint density at radius 3 is 2.53 bits per heavy atom. The first kappa shape index (κ1) is 14.4. The minimum atomic E-state index is 0.0403. The monoisotopic (exact) mass is 279 g/mol. The molecule has 0 aliphatic heterocycles. The van der Waals surface area contributed by atoms with E-state index in [9.17, 15) is 4.79 Å². The molecule has 1 aromatic carbocycles. The fraction of sp³-hybridized carbons (Fsp3) is 0.562. The molecule has 1 N–H and O–H groups in total. The average Bonchev–Trinajstić information content (AvgIpc) is 2.48. The minimum Gasteiger partial charge on any atom is -0.352 e. The lowest BCUT2D eigenvalue weighted by atomic mass is 9.88. The normalized spacial score (nSPS) is 17.9. The second kappa shape index (κ2) is 7.54. The van der Waals surface area contributed by atoms with E-state index in [1.807, 2.05) is 18.2 Å². The van der Waals surface area contributed by atoms with Gasteiger partial charge in [0, 0.05) is 17.8 Å². The van der Waals surface area contributed by atoms with Crippen LogP contribution in [-0.2, 0) is 11.2 Å². The van der Waals surface area contributed by atoms with Crippen LogP contribution in [0.3, 0.4) is 0 Å². The van der Waals surface area contributed by atoms with Crippen LogP contribution in [0.25, 0.3) is 0 Å². The van der Waals surface area contributed by atoms with Gasteiger partial charge in [0.15, 0.2) is 0 Å². The van der Waals surface area contributed by atoms with Crippen molar-refractivity contribution in [1.29, 1.82) is 0 Å². The summed E-state index contributed by atoms with van der Waals surface area (Å²) in [5.41, 5.74) is 1.22. The number of nitrogens with one attached hydrogen (secondary N) is 1. The van der Waals surface area contributed by atoms with Gasteiger partial charge in [0.1, 0.15) is 0 Å². The van der Waals surface area contributed by atoms with Gasteiger partial charge in [-0.3, -0.25) is 4.79 Å². The van der Waals surface area contributed by atoms with Gasteiger partial charge in [-0.05, 0) is 24.8 Å². The number of hydrogen-bond donors (Lipinski definition) is 1. The van der Waals surface area contributed by atoms with Crippen molar-refractivity contribution < 1.29 is 4.79 Å². The molecule has 1 saturated carbocycles. The Morgan fingerprint density at radius 1 is 1.21 bits per heavy atom. The first-order valence-corrected chi connectivity index (χ1v) is 7.73. The predicted octanol–water partition coefficient (Wildman–Crippen LogP) is 3.53. The van der Waals surface area contributed by atoms with Gasteiger partial charge in [-0.2, -0.15) is 0 Å². The molecule has 1 fully saturated rings. The zero-order valence-corrected chi connectivity index (χ0v) is 12.0. The van der Waals surface area contributed by atoms with Crippen LogP contribution in [0, 0.1) is 5.92 Å². The lowest BCUT2D eigenvalue weighted by Crippen LogP contribution is -2.41. The maximum atomic E-state index is 12.2. The van der Waals surface area contributed by atoms with E-state index in [0.717, 1.165) is 19.3 Å². The van der Waals surface area contributed by atoms with Crippen LogP contribution in [-0.4, -0.2) is 17.8 Å². The second-order valence-corrected chi connectivity index (χ2v) is 5.69. The van der Waals surface area contributed by atoms with Crippen LogP contribution in [0.2, 0.25) is 0 Å². The van der Waals surface area contributed by atoms with E-state index in [1.54, 1.807) is 0 Å². The lowest BCUT2D eigenvalue weighted by Gasteiger charge is -2.24. The number of carbonyl (C=O) groups excluding carboxylic acids is 1. The van der Waals surface area contributed by atoms with Crippen molar-refractivity contribution in [3.63, 3.8) is 0 Å². The number of hydrogen-bond acceptors (Lipinski definition) is 1. The smallest absolute Gasteiger partial charge is 0.223 e. The van der Waals surface area contributed by atoms with Crippen molar-refractivity contribution in [1.82, 2.24) is 5.32 Å². The molecule has 19 heavy (non-hydrogen) atoms. The summed E-state index contributed by atoms with van der Waals surface area (Å²) in [6, 6.07) is 10.2. The summed E-state index contributed by atoms with van der Waals surface area (Å²) >= 11 is 5.99. The van der Waals surface area contributed by atoms with E-state index >= 15 is 0 Å². The molecule has 2 nitrogen and oxygen atoms in total. The van der Waals surface area contributed by atoms with Crippen LogP contribution in [0.5, 0.6) is 0 Å². The van der Waals surface area contributed by atoms with Gasteiger partial charge >= 0.3 is 0 Å². The standard InChI is InChI=1S/C16H22ClNO/c17-12-15(11-13-7-3-1-4-8-13)18-16(19)14-9-5-2-6-10-14/h1,3-4,7-8,14-15H,2,5-6,9-12H2,(H,18,19). The molecule has 104 valence electrons. The maximum Gasteiger partial charge on any atom is 0.223 e. The Labute approximate surface area is 120 Å². The molecular formula is C16H22ClNO. The molecule has 0 heterocycles. The van der Waals surface area contributed by atoms with Crippen LogP contribution in [0.15, 0.2) is 30.3 Å². The van der Waals surface area contributed by atoms with Gasteiger partial charge in [-0.25, -0.2) is 0 Å². The fourth-order valence-electron chi connectivity index (χ4n) is 2.73. The van der Waals surface area contributed by atoms with Gasteiger partial charge in [0.2, 0.25) is 5.91 Å². The van der Waals surface area contributed by atoms with Crippen molar-refractivity contribution in [3.05, 3.63) is 35.9 Å². The lowest BCUT2D eigenvalue weighted by molar-refractivity contribution is -0.126. The van der Waals surface area contributed by atoms with Crippen molar-refractivity contribution >= 4 is 17.5 Å².